The molecule has 0 aliphatic heterocycles. The number of allylic oxidation sites excluding steroid dienone is 2. The van der Waals surface area contributed by atoms with Crippen LogP contribution in [-0.2, 0) is 14.4 Å². The number of rotatable bonds is 39. The lowest BCUT2D eigenvalue weighted by molar-refractivity contribution is -0.148. The minimum atomic E-state index is -1.19. The second kappa shape index (κ2) is 31.8. The van der Waals surface area contributed by atoms with Gasteiger partial charge in [-0.3, -0.25) is 9.59 Å². The van der Waals surface area contributed by atoms with E-state index < -0.39 is 23.4 Å². The van der Waals surface area contributed by atoms with Crippen molar-refractivity contribution in [1.82, 2.24) is 5.32 Å². The van der Waals surface area contributed by atoms with E-state index in [4.69, 9.17) is 0 Å². The second-order valence-electron chi connectivity index (χ2n) is 25.7. The molecule has 70 heavy (non-hydrogen) atoms. The van der Waals surface area contributed by atoms with Crippen molar-refractivity contribution in [2.75, 3.05) is 0 Å². The van der Waals surface area contributed by atoms with Gasteiger partial charge in [-0.2, -0.15) is 0 Å². The minimum absolute atomic E-state index is 0.0745. The molecule has 6 heteroatoms. The molecule has 6 nitrogen and oxygen atoms in total. The van der Waals surface area contributed by atoms with E-state index in [0.29, 0.717) is 11.3 Å². The third kappa shape index (κ3) is 17.6. The summed E-state index contributed by atoms with van der Waals surface area (Å²) >= 11 is 0. The normalized spacial score (nSPS) is 27.4. The van der Waals surface area contributed by atoms with Crippen LogP contribution >= 0.6 is 0 Å². The summed E-state index contributed by atoms with van der Waals surface area (Å²) in [6, 6.07) is -1.19. The van der Waals surface area contributed by atoms with Gasteiger partial charge in [0.25, 0.3) is 0 Å². The summed E-state index contributed by atoms with van der Waals surface area (Å²) in [6.07, 6.45) is 47.5. The molecule has 1 amide bonds. The van der Waals surface area contributed by atoms with E-state index in [-0.39, 0.29) is 30.1 Å². The highest BCUT2D eigenvalue weighted by Gasteiger charge is 2.60. The molecule has 3 saturated carbocycles. The molecule has 3 N–H and O–H groups in total. The van der Waals surface area contributed by atoms with E-state index in [2.05, 4.69) is 66.8 Å². The predicted molar refractivity (Wildman–Crippen MR) is 296 cm³/mol. The van der Waals surface area contributed by atoms with E-state index in [0.717, 1.165) is 99.7 Å². The molecule has 0 bridgehead atoms. The third-order valence-electron chi connectivity index (χ3n) is 20.4. The molecule has 0 aromatic heterocycles. The Hall–Kier alpha value is -1.85. The number of hydrogen-bond acceptors (Lipinski definition) is 3. The van der Waals surface area contributed by atoms with Crippen LogP contribution in [0.15, 0.2) is 11.6 Å². The van der Waals surface area contributed by atoms with Crippen molar-refractivity contribution in [3.8, 4) is 0 Å². The van der Waals surface area contributed by atoms with Gasteiger partial charge in [-0.15, -0.1) is 0 Å². The number of amides is 1. The Bertz CT molecular complexity index is 1520. The van der Waals surface area contributed by atoms with Gasteiger partial charge in [0.1, 0.15) is 6.04 Å². The fourth-order valence-corrected chi connectivity index (χ4v) is 16.2. The van der Waals surface area contributed by atoms with Gasteiger partial charge in [0.2, 0.25) is 5.91 Å². The maximum Gasteiger partial charge on any atom is 0.326 e. The van der Waals surface area contributed by atoms with E-state index in [1.165, 1.54) is 173 Å². The van der Waals surface area contributed by atoms with Crippen LogP contribution in [0.2, 0.25) is 0 Å². The SMILES string of the molecule is CCCCCCCCCCCCC(CCCCCCCC)(C(=O)N[C@@H](CCC(=O)O)C(=O)O)C(CCCCCCCCC)C1CC[C@@]2(C)C(=CCC3C2CC[C@@]2(C)C3CC[C@@H]2[C@H](C)CCCC(C)C)C1. The van der Waals surface area contributed by atoms with Crippen LogP contribution in [0, 0.1) is 63.6 Å². The van der Waals surface area contributed by atoms with Crippen LogP contribution in [0.4, 0.5) is 0 Å². The van der Waals surface area contributed by atoms with Crippen LogP contribution in [-0.4, -0.2) is 34.1 Å². The lowest BCUT2D eigenvalue weighted by atomic mass is 9.45. The average molecular weight is 979 g/mol. The molecule has 4 rings (SSSR count). The number of carbonyl (C=O) groups is 3. The van der Waals surface area contributed by atoms with Crippen LogP contribution < -0.4 is 5.32 Å². The first kappa shape index (κ1) is 60.7. The molecule has 11 atom stereocenters. The lowest BCUT2D eigenvalue weighted by Crippen LogP contribution is -2.54. The van der Waals surface area contributed by atoms with Crippen molar-refractivity contribution in [3.63, 3.8) is 0 Å². The number of fused-ring (bicyclic) bond motifs is 5. The molecule has 0 spiro atoms. The summed E-state index contributed by atoms with van der Waals surface area (Å²) < 4.78 is 0. The molecule has 0 radical (unpaired) electrons. The van der Waals surface area contributed by atoms with Crippen LogP contribution in [0.1, 0.15) is 306 Å². The second-order valence-corrected chi connectivity index (χ2v) is 25.7. The zero-order valence-corrected chi connectivity index (χ0v) is 47.5. The van der Waals surface area contributed by atoms with Gasteiger partial charge in [-0.25, -0.2) is 4.79 Å². The Kier molecular flexibility index (Phi) is 27.6. The molecule has 3 fully saturated rings. The molecule has 0 aromatic rings. The first-order valence-corrected chi connectivity index (χ1v) is 31.1. The highest BCUT2D eigenvalue weighted by molar-refractivity contribution is 5.88. The van der Waals surface area contributed by atoms with Gasteiger partial charge < -0.3 is 15.5 Å². The molecule has 0 saturated heterocycles. The predicted octanol–water partition coefficient (Wildman–Crippen LogP) is 18.9. The maximum absolute atomic E-state index is 15.7. The highest BCUT2D eigenvalue weighted by atomic mass is 16.4. The Labute approximate surface area is 433 Å². The van der Waals surface area contributed by atoms with E-state index in [9.17, 15) is 19.8 Å². The summed E-state index contributed by atoms with van der Waals surface area (Å²) in [5, 5.41) is 23.3. The van der Waals surface area contributed by atoms with Crippen molar-refractivity contribution < 1.29 is 24.6 Å². The smallest absolute Gasteiger partial charge is 0.326 e. The van der Waals surface area contributed by atoms with E-state index >= 15 is 4.79 Å². The zero-order valence-electron chi connectivity index (χ0n) is 47.5. The van der Waals surface area contributed by atoms with Gasteiger partial charge in [0.05, 0.1) is 5.41 Å². The summed E-state index contributed by atoms with van der Waals surface area (Å²) in [7, 11) is 0. The number of carboxylic acids is 2. The number of nitrogens with one attached hydrogen (secondary N) is 1. The van der Waals surface area contributed by atoms with Crippen LogP contribution in [0.25, 0.3) is 0 Å². The van der Waals surface area contributed by atoms with Crippen LogP contribution in [0.5, 0.6) is 0 Å². The zero-order chi connectivity index (χ0) is 51.0. The number of aliphatic carboxylic acids is 2. The highest BCUT2D eigenvalue weighted by Crippen LogP contribution is 2.68. The van der Waals surface area contributed by atoms with Crippen LogP contribution in [0.3, 0.4) is 0 Å². The maximum atomic E-state index is 15.7. The van der Waals surface area contributed by atoms with Gasteiger partial charge in [0.15, 0.2) is 0 Å². The monoisotopic (exact) mass is 978 g/mol. The molecule has 406 valence electrons. The minimum Gasteiger partial charge on any atom is -0.481 e. The lowest BCUT2D eigenvalue weighted by Gasteiger charge is -2.59. The number of carboxylic acid groups (broad SMARTS) is 2. The van der Waals surface area contributed by atoms with Gasteiger partial charge in [-0.05, 0) is 135 Å². The number of unbranched alkanes of at least 4 members (excludes halogenated alkanes) is 20. The van der Waals surface area contributed by atoms with Crippen molar-refractivity contribution in [2.24, 2.45) is 63.6 Å². The third-order valence-corrected chi connectivity index (χ3v) is 20.4. The van der Waals surface area contributed by atoms with Crippen molar-refractivity contribution in [3.05, 3.63) is 11.6 Å². The first-order valence-electron chi connectivity index (χ1n) is 31.1. The van der Waals surface area contributed by atoms with Gasteiger partial charge >= 0.3 is 11.9 Å². The molecule has 4 aliphatic rings. The van der Waals surface area contributed by atoms with E-state index in [1.807, 2.05) is 0 Å². The molecule has 6 unspecified atom stereocenters. The fourth-order valence-electron chi connectivity index (χ4n) is 16.2. The summed E-state index contributed by atoms with van der Waals surface area (Å²) in [5.41, 5.74) is 1.72. The number of carbonyl (C=O) groups excluding carboxylic acids is 1. The summed E-state index contributed by atoms with van der Waals surface area (Å²) in [4.78, 5) is 40.3. The largest absolute Gasteiger partial charge is 0.481 e. The molecule has 0 heterocycles. The Balaban J connectivity index is 1.67. The average Bonchev–Trinajstić information content (AvgIpc) is 3.69. The Morgan fingerprint density at radius 2 is 1.17 bits per heavy atom. The standard InChI is InChI=1S/C64H115NO5/c1-9-12-15-18-21-22-23-25-28-31-45-64(44-30-27-20-17-14-11-3,61(70)65-58(60(68)69)40-41-59(66)67)55(35-29-26-24-19-16-13-10-2)51-42-46-62(7)52(48-51)36-37-53-56-39-38-54(50(6)34-32-33-49(4)5)63(56,8)47-43-57(53)62/h36,49-51,53-58H,9-35,37-48H2,1-8H3,(H,65,70)(H,66,67)(H,68,69)/t50-,51?,53?,54-,55?,56?,57?,58+,62+,63-,64?/m1/s1. The first-order chi connectivity index (χ1) is 33.7. The van der Waals surface area contributed by atoms with Gasteiger partial charge in [-0.1, -0.05) is 234 Å². The molecular weight excluding hydrogens is 863 g/mol. The summed E-state index contributed by atoms with van der Waals surface area (Å²) in [5.74, 6) is 3.20. The quantitative estimate of drug-likeness (QED) is 0.0421. The topological polar surface area (TPSA) is 104 Å². The van der Waals surface area contributed by atoms with E-state index in [1.54, 1.807) is 5.57 Å². The van der Waals surface area contributed by atoms with Crippen molar-refractivity contribution >= 4 is 17.8 Å². The number of hydrogen-bond donors (Lipinski definition) is 3. The molecule has 0 aromatic carbocycles. The van der Waals surface area contributed by atoms with Crippen molar-refractivity contribution in [1.29, 1.82) is 0 Å². The summed E-state index contributed by atoms with van der Waals surface area (Å²) in [6.45, 7) is 19.6. The van der Waals surface area contributed by atoms with Crippen molar-refractivity contribution in [2.45, 2.75) is 312 Å². The Morgan fingerprint density at radius 1 is 0.629 bits per heavy atom. The van der Waals surface area contributed by atoms with Gasteiger partial charge in [0, 0.05) is 6.42 Å². The molecule has 4 aliphatic carbocycles. The molecular formula is C64H115NO5. The Morgan fingerprint density at radius 3 is 1.70 bits per heavy atom. The fraction of sp³-hybridized carbons (Fsp3) is 0.922.